The molecular formula is C13H21NO6. The van der Waals surface area contributed by atoms with E-state index in [9.17, 15) is 19.5 Å². The number of primary amides is 1. The van der Waals surface area contributed by atoms with E-state index >= 15 is 0 Å². The zero-order valence-corrected chi connectivity index (χ0v) is 12.1. The van der Waals surface area contributed by atoms with Crippen LogP contribution in [-0.2, 0) is 19.1 Å². The van der Waals surface area contributed by atoms with Gasteiger partial charge in [-0.15, -0.1) is 0 Å². The van der Waals surface area contributed by atoms with Crippen molar-refractivity contribution in [2.45, 2.75) is 46.3 Å². The second kappa shape index (κ2) is 5.30. The molecule has 3 N–H and O–H groups in total. The molecule has 1 rings (SSSR count). The third-order valence-corrected chi connectivity index (χ3v) is 3.56. The summed E-state index contributed by atoms with van der Waals surface area (Å²) in [5.74, 6) is -4.69. The lowest BCUT2D eigenvalue weighted by Gasteiger charge is -2.40. The van der Waals surface area contributed by atoms with E-state index in [0.717, 1.165) is 0 Å². The van der Waals surface area contributed by atoms with Crippen LogP contribution in [0.2, 0.25) is 0 Å². The van der Waals surface area contributed by atoms with Gasteiger partial charge in [0.1, 0.15) is 5.41 Å². The highest BCUT2D eigenvalue weighted by molar-refractivity contribution is 5.82. The average Bonchev–Trinajstić information content (AvgIpc) is 3.07. The molecule has 1 atom stereocenters. The van der Waals surface area contributed by atoms with Crippen LogP contribution in [0.25, 0.3) is 0 Å². The number of hydrogen-bond acceptors (Lipinski definition) is 5. The van der Waals surface area contributed by atoms with Gasteiger partial charge in [0.2, 0.25) is 0 Å². The second-order valence-corrected chi connectivity index (χ2v) is 5.71. The number of esters is 1. The Hall–Kier alpha value is -1.79. The first kappa shape index (κ1) is 16.3. The molecule has 7 heteroatoms. The smallest absolute Gasteiger partial charge is 0.407 e. The van der Waals surface area contributed by atoms with Gasteiger partial charge in [-0.2, -0.15) is 0 Å². The second-order valence-electron chi connectivity index (χ2n) is 5.71. The normalized spacial score (nSPS) is 19.3. The van der Waals surface area contributed by atoms with Crippen LogP contribution in [0.15, 0.2) is 0 Å². The number of carboxylic acid groups (broad SMARTS) is 1. The van der Waals surface area contributed by atoms with Crippen molar-refractivity contribution < 1.29 is 29.0 Å². The van der Waals surface area contributed by atoms with Crippen molar-refractivity contribution in [1.82, 2.24) is 0 Å². The van der Waals surface area contributed by atoms with Gasteiger partial charge < -0.3 is 20.3 Å². The van der Waals surface area contributed by atoms with Crippen LogP contribution in [0.5, 0.6) is 0 Å². The van der Waals surface area contributed by atoms with Crippen molar-refractivity contribution in [2.24, 2.45) is 23.0 Å². The van der Waals surface area contributed by atoms with Crippen molar-refractivity contribution in [3.05, 3.63) is 0 Å². The molecule has 1 amide bonds. The van der Waals surface area contributed by atoms with Gasteiger partial charge >= 0.3 is 18.0 Å². The van der Waals surface area contributed by atoms with E-state index in [2.05, 4.69) is 0 Å². The van der Waals surface area contributed by atoms with Crippen LogP contribution >= 0.6 is 0 Å². The van der Waals surface area contributed by atoms with Gasteiger partial charge in [0.25, 0.3) is 5.79 Å². The summed E-state index contributed by atoms with van der Waals surface area (Å²) in [6, 6.07) is 0. The van der Waals surface area contributed by atoms with Gasteiger partial charge in [-0.1, -0.05) is 27.7 Å². The number of amides is 1. The van der Waals surface area contributed by atoms with E-state index in [0.29, 0.717) is 0 Å². The summed E-state index contributed by atoms with van der Waals surface area (Å²) in [6.07, 6.45) is -0.638. The molecule has 7 nitrogen and oxygen atoms in total. The van der Waals surface area contributed by atoms with Crippen LogP contribution in [0, 0.1) is 17.3 Å². The predicted molar refractivity (Wildman–Crippen MR) is 68.5 cm³/mol. The minimum absolute atomic E-state index is 0.263. The lowest BCUT2D eigenvalue weighted by molar-refractivity contribution is -0.259. The largest absolute Gasteiger partial charge is 0.481 e. The zero-order chi connectivity index (χ0) is 15.7. The Bertz CT molecular complexity index is 427. The van der Waals surface area contributed by atoms with Crippen LogP contribution < -0.4 is 5.73 Å². The topological polar surface area (TPSA) is 116 Å². The van der Waals surface area contributed by atoms with E-state index in [1.165, 1.54) is 0 Å². The Balaban J connectivity index is 3.26. The maximum atomic E-state index is 11.9. The lowest BCUT2D eigenvalue weighted by Crippen LogP contribution is -2.56. The van der Waals surface area contributed by atoms with Crippen LogP contribution in [0.1, 0.15) is 40.5 Å². The van der Waals surface area contributed by atoms with Crippen LogP contribution in [-0.4, -0.2) is 28.9 Å². The van der Waals surface area contributed by atoms with E-state index in [-0.39, 0.29) is 12.8 Å². The van der Waals surface area contributed by atoms with Gasteiger partial charge in [0.05, 0.1) is 5.92 Å². The summed E-state index contributed by atoms with van der Waals surface area (Å²) in [5.41, 5.74) is 3.63. The highest BCUT2D eigenvalue weighted by Gasteiger charge is 2.71. The van der Waals surface area contributed by atoms with Crippen LogP contribution in [0.3, 0.4) is 0 Å². The summed E-state index contributed by atoms with van der Waals surface area (Å²) in [7, 11) is 0. The monoisotopic (exact) mass is 287 g/mol. The molecule has 20 heavy (non-hydrogen) atoms. The standard InChI is InChI=1S/C13H21NO6/c1-7(2)9(15)19-13(8(3)4,20-11(14)18)12(5-6-12)10(16)17/h7-8H,5-6H2,1-4H3,(H2,14,18)(H,16,17). The summed E-state index contributed by atoms with van der Waals surface area (Å²) < 4.78 is 10.3. The summed E-state index contributed by atoms with van der Waals surface area (Å²) in [6.45, 7) is 6.47. The molecule has 0 saturated heterocycles. The predicted octanol–water partition coefficient (Wildman–Crippen LogP) is 1.50. The summed E-state index contributed by atoms with van der Waals surface area (Å²) >= 11 is 0. The fraction of sp³-hybridized carbons (Fsp3) is 0.769. The third-order valence-electron chi connectivity index (χ3n) is 3.56. The molecule has 0 spiro atoms. The van der Waals surface area contributed by atoms with Crippen molar-refractivity contribution >= 4 is 18.0 Å². The molecule has 0 heterocycles. The third kappa shape index (κ3) is 2.57. The van der Waals surface area contributed by atoms with Crippen molar-refractivity contribution in [1.29, 1.82) is 0 Å². The number of rotatable bonds is 6. The molecule has 0 aromatic heterocycles. The lowest BCUT2D eigenvalue weighted by atomic mass is 9.85. The van der Waals surface area contributed by atoms with Crippen molar-refractivity contribution in [3.8, 4) is 0 Å². The Kier molecular flexibility index (Phi) is 4.31. The first-order chi connectivity index (χ1) is 9.09. The van der Waals surface area contributed by atoms with Gasteiger partial charge in [-0.3, -0.25) is 9.59 Å². The highest BCUT2D eigenvalue weighted by atomic mass is 16.7. The number of carbonyl (C=O) groups excluding carboxylic acids is 2. The SMILES string of the molecule is CC(C)C(=O)OC(OC(N)=O)(C(C)C)C1(C(=O)O)CC1. The van der Waals surface area contributed by atoms with Crippen molar-refractivity contribution in [2.75, 3.05) is 0 Å². The van der Waals surface area contributed by atoms with Crippen molar-refractivity contribution in [3.63, 3.8) is 0 Å². The quantitative estimate of drug-likeness (QED) is 0.565. The first-order valence-corrected chi connectivity index (χ1v) is 6.54. The fourth-order valence-electron chi connectivity index (χ4n) is 2.26. The van der Waals surface area contributed by atoms with E-state index in [4.69, 9.17) is 15.2 Å². The Morgan fingerprint density at radius 2 is 1.65 bits per heavy atom. The summed E-state index contributed by atoms with van der Waals surface area (Å²) in [5, 5.41) is 9.43. The molecule has 1 aliphatic rings. The van der Waals surface area contributed by atoms with Gasteiger partial charge in [-0.05, 0) is 12.8 Å². The number of aliphatic carboxylic acids is 1. The van der Waals surface area contributed by atoms with E-state index in [1.807, 2.05) is 0 Å². The van der Waals surface area contributed by atoms with E-state index < -0.39 is 41.1 Å². The minimum Gasteiger partial charge on any atom is -0.481 e. The van der Waals surface area contributed by atoms with Crippen LogP contribution in [0.4, 0.5) is 4.79 Å². The molecular weight excluding hydrogens is 266 g/mol. The Morgan fingerprint density at radius 1 is 1.15 bits per heavy atom. The molecule has 0 aliphatic heterocycles. The van der Waals surface area contributed by atoms with E-state index in [1.54, 1.807) is 27.7 Å². The molecule has 1 fully saturated rings. The number of hydrogen-bond donors (Lipinski definition) is 2. The fourth-order valence-corrected chi connectivity index (χ4v) is 2.26. The Morgan fingerprint density at radius 3 is 1.90 bits per heavy atom. The van der Waals surface area contributed by atoms with Gasteiger partial charge in [-0.25, -0.2) is 4.79 Å². The molecule has 0 aromatic rings. The number of ether oxygens (including phenoxy) is 2. The zero-order valence-electron chi connectivity index (χ0n) is 12.1. The molecule has 0 aromatic carbocycles. The molecule has 1 saturated carbocycles. The molecule has 0 bridgehead atoms. The van der Waals surface area contributed by atoms with Gasteiger partial charge in [0.15, 0.2) is 0 Å². The first-order valence-electron chi connectivity index (χ1n) is 6.54. The number of nitrogens with two attached hydrogens (primary N) is 1. The minimum atomic E-state index is -1.87. The number of carboxylic acids is 1. The molecule has 114 valence electrons. The number of carbonyl (C=O) groups is 3. The van der Waals surface area contributed by atoms with Gasteiger partial charge in [0, 0.05) is 5.92 Å². The Labute approximate surface area is 117 Å². The maximum Gasteiger partial charge on any atom is 0.407 e. The highest BCUT2D eigenvalue weighted by Crippen LogP contribution is 2.59. The summed E-state index contributed by atoms with van der Waals surface area (Å²) in [4.78, 5) is 34.6. The molecule has 0 radical (unpaired) electrons. The molecule has 1 aliphatic carbocycles. The molecule has 1 unspecified atom stereocenters. The maximum absolute atomic E-state index is 11.9. The average molecular weight is 287 g/mol.